The molecule has 22 heavy (non-hydrogen) atoms. The van der Waals surface area contributed by atoms with E-state index in [2.05, 4.69) is 20.5 Å². The summed E-state index contributed by atoms with van der Waals surface area (Å²) in [5, 5.41) is 10.3. The number of rotatable bonds is 3. The van der Waals surface area contributed by atoms with Crippen molar-refractivity contribution in [3.05, 3.63) is 17.8 Å². The Bertz CT molecular complexity index is 493. The van der Waals surface area contributed by atoms with Crippen molar-refractivity contribution in [2.24, 2.45) is 5.92 Å². The van der Waals surface area contributed by atoms with E-state index in [1.807, 2.05) is 24.1 Å². The lowest BCUT2D eigenvalue weighted by Gasteiger charge is -2.34. The van der Waals surface area contributed by atoms with Gasteiger partial charge in [-0.2, -0.15) is 5.10 Å². The first-order valence-corrected chi connectivity index (χ1v) is 7.91. The second-order valence-corrected chi connectivity index (χ2v) is 5.87. The predicted molar refractivity (Wildman–Crippen MR) is 82.2 cm³/mol. The molecule has 1 amide bonds. The number of hydrogen-bond donors (Lipinski definition) is 1. The number of aryl methyl sites for hydroxylation is 1. The molecule has 120 valence electrons. The Morgan fingerprint density at radius 3 is 2.55 bits per heavy atom. The lowest BCUT2D eigenvalue weighted by atomic mass is 9.96. The molecule has 0 unspecified atom stereocenters. The Labute approximate surface area is 130 Å². The molecule has 1 aromatic heterocycles. The quantitative estimate of drug-likeness (QED) is 0.870. The van der Waals surface area contributed by atoms with E-state index in [-0.39, 0.29) is 11.8 Å². The minimum absolute atomic E-state index is 0.0810. The van der Waals surface area contributed by atoms with Gasteiger partial charge in [0.15, 0.2) is 5.82 Å². The maximum atomic E-state index is 12.3. The van der Waals surface area contributed by atoms with Gasteiger partial charge in [-0.25, -0.2) is 5.01 Å². The van der Waals surface area contributed by atoms with Crippen LogP contribution in [-0.2, 0) is 9.53 Å². The Hall–Kier alpha value is -1.73. The molecule has 1 N–H and O–H groups in total. The van der Waals surface area contributed by atoms with E-state index in [1.165, 1.54) is 0 Å². The number of nitrogens with one attached hydrogen (secondary N) is 1. The van der Waals surface area contributed by atoms with E-state index < -0.39 is 0 Å². The molecule has 0 spiro atoms. The van der Waals surface area contributed by atoms with Gasteiger partial charge in [-0.05, 0) is 31.9 Å². The van der Waals surface area contributed by atoms with Gasteiger partial charge in [-0.3, -0.25) is 10.2 Å². The Morgan fingerprint density at radius 2 is 1.91 bits per heavy atom. The van der Waals surface area contributed by atoms with E-state index in [9.17, 15) is 4.79 Å². The number of piperidine rings is 1. The summed E-state index contributed by atoms with van der Waals surface area (Å²) in [7, 11) is 0. The molecule has 7 heteroatoms. The molecule has 3 rings (SSSR count). The summed E-state index contributed by atoms with van der Waals surface area (Å²) in [6.07, 6.45) is 1.71. The SMILES string of the molecule is Cc1ccc(N2CCC(C(=O)NN3CCOCC3)CC2)nn1. The Kier molecular flexibility index (Phi) is 4.84. The van der Waals surface area contributed by atoms with E-state index in [0.717, 1.165) is 50.5 Å². The van der Waals surface area contributed by atoms with Crippen molar-refractivity contribution >= 4 is 11.7 Å². The molecule has 0 atom stereocenters. The van der Waals surface area contributed by atoms with Crippen LogP contribution in [0.1, 0.15) is 18.5 Å². The summed E-state index contributed by atoms with van der Waals surface area (Å²) in [5.41, 5.74) is 3.94. The molecule has 0 bridgehead atoms. The smallest absolute Gasteiger partial charge is 0.237 e. The fourth-order valence-corrected chi connectivity index (χ4v) is 2.85. The lowest BCUT2D eigenvalue weighted by Crippen LogP contribution is -2.51. The van der Waals surface area contributed by atoms with Crippen LogP contribution in [0.4, 0.5) is 5.82 Å². The molecule has 2 fully saturated rings. The standard InChI is InChI=1S/C15H23N5O2/c1-12-2-3-14(17-16-12)19-6-4-13(5-7-19)15(21)18-20-8-10-22-11-9-20/h2-3,13H,4-11H2,1H3,(H,18,21). The van der Waals surface area contributed by atoms with Crippen molar-refractivity contribution < 1.29 is 9.53 Å². The second kappa shape index (κ2) is 7.02. The topological polar surface area (TPSA) is 70.6 Å². The van der Waals surface area contributed by atoms with E-state index >= 15 is 0 Å². The predicted octanol–water partition coefficient (Wildman–Crippen LogP) is 0.365. The number of carbonyl (C=O) groups excluding carboxylic acids is 1. The molecule has 2 saturated heterocycles. The molecule has 2 aliphatic heterocycles. The van der Waals surface area contributed by atoms with Crippen LogP contribution >= 0.6 is 0 Å². The molecule has 7 nitrogen and oxygen atoms in total. The summed E-state index contributed by atoms with van der Waals surface area (Å²) >= 11 is 0. The third kappa shape index (κ3) is 3.72. The first kappa shape index (κ1) is 15.2. The third-order valence-electron chi connectivity index (χ3n) is 4.25. The molecule has 3 heterocycles. The summed E-state index contributed by atoms with van der Waals surface area (Å²) in [4.78, 5) is 14.5. The maximum absolute atomic E-state index is 12.3. The highest BCUT2D eigenvalue weighted by Gasteiger charge is 2.27. The second-order valence-electron chi connectivity index (χ2n) is 5.87. The largest absolute Gasteiger partial charge is 0.379 e. The van der Waals surface area contributed by atoms with Crippen LogP contribution < -0.4 is 10.3 Å². The fraction of sp³-hybridized carbons (Fsp3) is 0.667. The number of anilines is 1. The van der Waals surface area contributed by atoms with Crippen molar-refractivity contribution in [2.45, 2.75) is 19.8 Å². The Balaban J connectivity index is 1.48. The van der Waals surface area contributed by atoms with Gasteiger partial charge in [0.25, 0.3) is 0 Å². The zero-order chi connectivity index (χ0) is 15.4. The first-order valence-electron chi connectivity index (χ1n) is 7.91. The van der Waals surface area contributed by atoms with Crippen LogP contribution in [0.25, 0.3) is 0 Å². The van der Waals surface area contributed by atoms with Gasteiger partial charge < -0.3 is 9.64 Å². The zero-order valence-corrected chi connectivity index (χ0v) is 13.0. The van der Waals surface area contributed by atoms with Gasteiger partial charge in [-0.15, -0.1) is 5.10 Å². The van der Waals surface area contributed by atoms with Crippen molar-refractivity contribution in [1.29, 1.82) is 0 Å². The Morgan fingerprint density at radius 1 is 1.18 bits per heavy atom. The van der Waals surface area contributed by atoms with Crippen molar-refractivity contribution in [2.75, 3.05) is 44.3 Å². The van der Waals surface area contributed by atoms with Crippen LogP contribution in [-0.4, -0.2) is 60.5 Å². The number of amides is 1. The van der Waals surface area contributed by atoms with Gasteiger partial charge in [0.1, 0.15) is 0 Å². The number of nitrogens with zero attached hydrogens (tertiary/aromatic N) is 4. The summed E-state index contributed by atoms with van der Waals surface area (Å²) in [5.74, 6) is 1.12. The minimum Gasteiger partial charge on any atom is -0.379 e. The molecule has 2 aliphatic rings. The molecule has 0 aliphatic carbocycles. The highest BCUT2D eigenvalue weighted by Crippen LogP contribution is 2.21. The highest BCUT2D eigenvalue weighted by atomic mass is 16.5. The van der Waals surface area contributed by atoms with Gasteiger partial charge in [0.2, 0.25) is 5.91 Å². The normalized spacial score (nSPS) is 20.9. The monoisotopic (exact) mass is 305 g/mol. The van der Waals surface area contributed by atoms with E-state index in [4.69, 9.17) is 4.74 Å². The lowest BCUT2D eigenvalue weighted by molar-refractivity contribution is -0.132. The average Bonchev–Trinajstić information content (AvgIpc) is 2.57. The molecular formula is C15H23N5O2. The average molecular weight is 305 g/mol. The van der Waals surface area contributed by atoms with Gasteiger partial charge >= 0.3 is 0 Å². The van der Waals surface area contributed by atoms with Crippen LogP contribution in [0, 0.1) is 12.8 Å². The number of ether oxygens (including phenoxy) is 1. The summed E-state index contributed by atoms with van der Waals surface area (Å²) < 4.78 is 5.29. The fourth-order valence-electron chi connectivity index (χ4n) is 2.85. The third-order valence-corrected chi connectivity index (χ3v) is 4.25. The zero-order valence-electron chi connectivity index (χ0n) is 13.0. The highest BCUT2D eigenvalue weighted by molar-refractivity contribution is 5.78. The van der Waals surface area contributed by atoms with Crippen molar-refractivity contribution in [1.82, 2.24) is 20.6 Å². The van der Waals surface area contributed by atoms with E-state index in [0.29, 0.717) is 13.2 Å². The van der Waals surface area contributed by atoms with Crippen molar-refractivity contribution in [3.63, 3.8) is 0 Å². The molecule has 1 aromatic rings. The first-order chi connectivity index (χ1) is 10.7. The van der Waals surface area contributed by atoms with Crippen LogP contribution in [0.2, 0.25) is 0 Å². The number of carbonyl (C=O) groups is 1. The van der Waals surface area contributed by atoms with Crippen molar-refractivity contribution in [3.8, 4) is 0 Å². The molecule has 0 aromatic carbocycles. The van der Waals surface area contributed by atoms with Gasteiger partial charge in [0, 0.05) is 32.1 Å². The summed E-state index contributed by atoms with van der Waals surface area (Å²) in [6, 6.07) is 3.97. The van der Waals surface area contributed by atoms with Crippen LogP contribution in [0.3, 0.4) is 0 Å². The minimum atomic E-state index is 0.0810. The molecule has 0 saturated carbocycles. The van der Waals surface area contributed by atoms with Crippen LogP contribution in [0.5, 0.6) is 0 Å². The van der Waals surface area contributed by atoms with E-state index in [1.54, 1.807) is 0 Å². The van der Waals surface area contributed by atoms with Gasteiger partial charge in [-0.1, -0.05) is 0 Å². The van der Waals surface area contributed by atoms with Crippen LogP contribution in [0.15, 0.2) is 12.1 Å². The number of aromatic nitrogens is 2. The number of morpholine rings is 1. The molecule has 0 radical (unpaired) electrons. The maximum Gasteiger partial charge on any atom is 0.237 e. The summed E-state index contributed by atoms with van der Waals surface area (Å²) in [6.45, 7) is 6.53. The number of hydrazine groups is 1. The number of hydrogen-bond acceptors (Lipinski definition) is 6. The molecular weight excluding hydrogens is 282 g/mol. The van der Waals surface area contributed by atoms with Gasteiger partial charge in [0.05, 0.1) is 18.9 Å².